The molecular formula is C21H18N4. The molecule has 0 bridgehead atoms. The van der Waals surface area contributed by atoms with Crippen LogP contribution in [0.1, 0.15) is 34.0 Å². The molecule has 0 saturated carbocycles. The number of aromatic nitrogens is 2. The minimum Gasteiger partial charge on any atom is -0.383 e. The molecule has 1 aliphatic carbocycles. The summed E-state index contributed by atoms with van der Waals surface area (Å²) in [6.07, 6.45) is 3.64. The Morgan fingerprint density at radius 1 is 0.840 bits per heavy atom. The van der Waals surface area contributed by atoms with E-state index in [-0.39, 0.29) is 6.04 Å². The van der Waals surface area contributed by atoms with Crippen LogP contribution >= 0.6 is 0 Å². The number of hydrogen-bond acceptors (Lipinski definition) is 4. The van der Waals surface area contributed by atoms with Crippen molar-refractivity contribution in [2.45, 2.75) is 18.9 Å². The number of aliphatic imine (C=N–C) groups is 1. The van der Waals surface area contributed by atoms with Gasteiger partial charge in [0, 0.05) is 5.56 Å². The Morgan fingerprint density at radius 2 is 1.52 bits per heavy atom. The van der Waals surface area contributed by atoms with Crippen LogP contribution < -0.4 is 5.73 Å². The molecule has 1 atom stereocenters. The Kier molecular flexibility index (Phi) is 3.17. The van der Waals surface area contributed by atoms with Crippen LogP contribution in [0, 0.1) is 5.92 Å². The van der Waals surface area contributed by atoms with Crippen molar-refractivity contribution >= 4 is 11.5 Å². The first-order valence-electron chi connectivity index (χ1n) is 8.62. The highest BCUT2D eigenvalue weighted by Gasteiger charge is 2.37. The van der Waals surface area contributed by atoms with E-state index in [2.05, 4.69) is 46.4 Å². The summed E-state index contributed by atoms with van der Waals surface area (Å²) in [5.41, 5.74) is 13.0. The largest absolute Gasteiger partial charge is 0.383 e. The van der Waals surface area contributed by atoms with E-state index in [0.29, 0.717) is 11.7 Å². The first-order chi connectivity index (χ1) is 12.3. The molecular weight excluding hydrogens is 308 g/mol. The fourth-order valence-corrected chi connectivity index (χ4v) is 4.10. The second kappa shape index (κ2) is 5.52. The zero-order valence-corrected chi connectivity index (χ0v) is 13.8. The van der Waals surface area contributed by atoms with Gasteiger partial charge in [-0.05, 0) is 29.9 Å². The van der Waals surface area contributed by atoms with Crippen LogP contribution in [-0.4, -0.2) is 15.7 Å². The zero-order chi connectivity index (χ0) is 16.8. The fourth-order valence-electron chi connectivity index (χ4n) is 4.10. The van der Waals surface area contributed by atoms with E-state index in [1.165, 1.54) is 11.1 Å². The number of nitrogen functional groups attached to an aromatic ring is 1. The lowest BCUT2D eigenvalue weighted by atomic mass is 9.93. The van der Waals surface area contributed by atoms with Crippen molar-refractivity contribution in [3.8, 4) is 0 Å². The second-order valence-electron chi connectivity index (χ2n) is 6.74. The van der Waals surface area contributed by atoms with Crippen LogP contribution in [-0.2, 0) is 12.8 Å². The Balaban J connectivity index is 1.60. The average molecular weight is 326 g/mol. The Labute approximate surface area is 146 Å². The lowest BCUT2D eigenvalue weighted by Crippen LogP contribution is -2.12. The third kappa shape index (κ3) is 2.25. The Hall–Kier alpha value is -3.01. The molecule has 1 aliphatic heterocycles. The van der Waals surface area contributed by atoms with Crippen LogP contribution in [0.2, 0.25) is 0 Å². The monoisotopic (exact) mass is 326 g/mol. The normalized spacial score (nSPS) is 18.7. The zero-order valence-electron chi connectivity index (χ0n) is 13.8. The lowest BCUT2D eigenvalue weighted by molar-refractivity contribution is 0.453. The number of fused-ring (bicyclic) bond motifs is 2. The molecule has 3 aromatic rings. The molecule has 4 heteroatoms. The van der Waals surface area contributed by atoms with Gasteiger partial charge in [0.25, 0.3) is 0 Å². The molecule has 1 unspecified atom stereocenters. The summed E-state index contributed by atoms with van der Waals surface area (Å²) in [6, 6.07) is 18.9. The summed E-state index contributed by atoms with van der Waals surface area (Å²) in [6.45, 7) is 0. The number of benzene rings is 2. The van der Waals surface area contributed by atoms with E-state index >= 15 is 0 Å². The van der Waals surface area contributed by atoms with Gasteiger partial charge >= 0.3 is 0 Å². The molecule has 2 aliphatic rings. The van der Waals surface area contributed by atoms with Crippen molar-refractivity contribution < 1.29 is 0 Å². The van der Waals surface area contributed by atoms with Gasteiger partial charge < -0.3 is 5.73 Å². The summed E-state index contributed by atoms with van der Waals surface area (Å²) < 4.78 is 0. The minimum absolute atomic E-state index is 0.0444. The van der Waals surface area contributed by atoms with Crippen molar-refractivity contribution in [2.75, 3.05) is 5.73 Å². The predicted octanol–water partition coefficient (Wildman–Crippen LogP) is 3.37. The quantitative estimate of drug-likeness (QED) is 0.785. The molecule has 25 heavy (non-hydrogen) atoms. The molecule has 5 rings (SSSR count). The van der Waals surface area contributed by atoms with Crippen LogP contribution in [0.5, 0.6) is 0 Å². The van der Waals surface area contributed by atoms with Gasteiger partial charge in [0.15, 0.2) is 0 Å². The molecule has 4 nitrogen and oxygen atoms in total. The van der Waals surface area contributed by atoms with Crippen LogP contribution in [0.4, 0.5) is 5.82 Å². The number of hydrogen-bond donors (Lipinski definition) is 1. The predicted molar refractivity (Wildman–Crippen MR) is 98.6 cm³/mol. The van der Waals surface area contributed by atoms with E-state index in [4.69, 9.17) is 10.7 Å². The molecule has 0 radical (unpaired) electrons. The van der Waals surface area contributed by atoms with Crippen molar-refractivity contribution in [3.05, 3.63) is 88.9 Å². The van der Waals surface area contributed by atoms with Crippen LogP contribution in [0.3, 0.4) is 0 Å². The van der Waals surface area contributed by atoms with Crippen molar-refractivity contribution in [3.63, 3.8) is 0 Å². The van der Waals surface area contributed by atoms with Gasteiger partial charge in [0.1, 0.15) is 12.1 Å². The minimum atomic E-state index is 0.0444. The Morgan fingerprint density at radius 3 is 2.24 bits per heavy atom. The summed E-state index contributed by atoms with van der Waals surface area (Å²) in [4.78, 5) is 13.9. The maximum absolute atomic E-state index is 6.21. The van der Waals surface area contributed by atoms with E-state index in [1.54, 1.807) is 6.33 Å². The third-order valence-electron chi connectivity index (χ3n) is 5.27. The number of anilines is 1. The number of nitrogens with two attached hydrogens (primary N) is 1. The van der Waals surface area contributed by atoms with Crippen molar-refractivity contribution in [2.24, 2.45) is 10.9 Å². The van der Waals surface area contributed by atoms with Crippen LogP contribution in [0.25, 0.3) is 0 Å². The van der Waals surface area contributed by atoms with Crippen molar-refractivity contribution in [1.82, 2.24) is 9.97 Å². The van der Waals surface area contributed by atoms with Crippen LogP contribution in [0.15, 0.2) is 65.9 Å². The van der Waals surface area contributed by atoms with Gasteiger partial charge in [0.05, 0.1) is 23.0 Å². The standard InChI is InChI=1S/C21H18N4/c22-21-17-18(13-6-2-1-3-7-13)25-19(20(17)23-12-24-21)16-10-14-8-4-5-9-15(14)11-16/h1-9,12,16,19H,10-11H2,(H2,22,23,24). The first-order valence-corrected chi connectivity index (χ1v) is 8.62. The molecule has 2 N–H and O–H groups in total. The maximum atomic E-state index is 6.21. The molecule has 0 fully saturated rings. The lowest BCUT2D eigenvalue weighted by Gasteiger charge is -2.16. The highest BCUT2D eigenvalue weighted by atomic mass is 15.0. The Bertz CT molecular complexity index is 953. The number of rotatable bonds is 2. The van der Waals surface area contributed by atoms with E-state index < -0.39 is 0 Å². The highest BCUT2D eigenvalue weighted by Crippen LogP contribution is 2.43. The molecule has 0 amide bonds. The van der Waals surface area contributed by atoms with E-state index in [0.717, 1.165) is 35.4 Å². The van der Waals surface area contributed by atoms with Gasteiger partial charge in [-0.15, -0.1) is 0 Å². The maximum Gasteiger partial charge on any atom is 0.136 e. The van der Waals surface area contributed by atoms with Gasteiger partial charge in [-0.3, -0.25) is 4.99 Å². The average Bonchev–Trinajstić information content (AvgIpc) is 3.24. The van der Waals surface area contributed by atoms with Gasteiger partial charge in [-0.25, -0.2) is 9.97 Å². The molecule has 1 aromatic heterocycles. The van der Waals surface area contributed by atoms with Gasteiger partial charge in [0.2, 0.25) is 0 Å². The van der Waals surface area contributed by atoms with Crippen molar-refractivity contribution in [1.29, 1.82) is 0 Å². The highest BCUT2D eigenvalue weighted by molar-refractivity contribution is 6.17. The summed E-state index contributed by atoms with van der Waals surface area (Å²) in [7, 11) is 0. The molecule has 2 aromatic carbocycles. The molecule has 2 heterocycles. The third-order valence-corrected chi connectivity index (χ3v) is 5.27. The topological polar surface area (TPSA) is 64.2 Å². The SMILES string of the molecule is Nc1ncnc2c1C(c1ccccc1)=NC2C1Cc2ccccc2C1. The molecule has 122 valence electrons. The smallest absolute Gasteiger partial charge is 0.136 e. The molecule has 0 saturated heterocycles. The summed E-state index contributed by atoms with van der Waals surface area (Å²) in [5, 5.41) is 0. The summed E-state index contributed by atoms with van der Waals surface area (Å²) >= 11 is 0. The van der Waals surface area contributed by atoms with E-state index in [9.17, 15) is 0 Å². The first kappa shape index (κ1) is 14.3. The number of nitrogens with zero attached hydrogens (tertiary/aromatic N) is 3. The second-order valence-corrected chi connectivity index (χ2v) is 6.74. The van der Waals surface area contributed by atoms with Gasteiger partial charge in [-0.1, -0.05) is 54.6 Å². The molecule has 0 spiro atoms. The van der Waals surface area contributed by atoms with Gasteiger partial charge in [-0.2, -0.15) is 0 Å². The van der Waals surface area contributed by atoms with E-state index in [1.807, 2.05) is 18.2 Å². The fraction of sp³-hybridized carbons (Fsp3) is 0.190. The summed E-state index contributed by atoms with van der Waals surface area (Å²) in [5.74, 6) is 0.942.